The van der Waals surface area contributed by atoms with Crippen molar-refractivity contribution in [1.29, 1.82) is 0 Å². The first-order chi connectivity index (χ1) is 7.15. The van der Waals surface area contributed by atoms with Crippen LogP contribution in [0.4, 0.5) is 0 Å². The quantitative estimate of drug-likeness (QED) is 0.690. The maximum atomic E-state index is 11.6. The van der Waals surface area contributed by atoms with Crippen molar-refractivity contribution in [3.63, 3.8) is 0 Å². The van der Waals surface area contributed by atoms with E-state index in [-0.39, 0.29) is 28.9 Å². The Hall–Kier alpha value is -1.55. The lowest BCUT2D eigenvalue weighted by Crippen LogP contribution is -2.17. The molecule has 0 heterocycles. The van der Waals surface area contributed by atoms with Crippen LogP contribution in [0, 0.1) is 0 Å². The number of aromatic hydroxyl groups is 2. The summed E-state index contributed by atoms with van der Waals surface area (Å²) in [7, 11) is 1.52. The van der Waals surface area contributed by atoms with E-state index in [1.165, 1.54) is 19.2 Å². The van der Waals surface area contributed by atoms with Gasteiger partial charge in [0.15, 0.2) is 5.78 Å². The predicted molar refractivity (Wildman–Crippen MR) is 53.1 cm³/mol. The summed E-state index contributed by atoms with van der Waals surface area (Å²) in [5.74, 6) is -0.232. The highest BCUT2D eigenvalue weighted by Crippen LogP contribution is 2.41. The molecule has 4 nitrogen and oxygen atoms in total. The molecule has 0 saturated carbocycles. The normalized spacial score (nSPS) is 20.1. The molecule has 0 aliphatic heterocycles. The van der Waals surface area contributed by atoms with Gasteiger partial charge in [-0.15, -0.1) is 0 Å². The highest BCUT2D eigenvalue weighted by atomic mass is 16.5. The third-order valence-electron chi connectivity index (χ3n) is 2.72. The molecule has 0 amide bonds. The van der Waals surface area contributed by atoms with Crippen molar-refractivity contribution >= 4 is 5.78 Å². The number of phenolic OH excluding ortho intramolecular Hbond substituents is 2. The first-order valence-electron chi connectivity index (χ1n) is 4.76. The fourth-order valence-electron chi connectivity index (χ4n) is 1.98. The standard InChI is InChI=1S/C11H12O4/c1-15-9-5-4-7(13)10-6(12)2-3-8(14)11(9)10/h2-3,9,12,14H,4-5H2,1H3/t9-/m0/s1. The minimum Gasteiger partial charge on any atom is -0.508 e. The highest BCUT2D eigenvalue weighted by molar-refractivity contribution is 6.01. The maximum absolute atomic E-state index is 11.6. The van der Waals surface area contributed by atoms with Crippen LogP contribution in [0.15, 0.2) is 12.1 Å². The third-order valence-corrected chi connectivity index (χ3v) is 2.72. The van der Waals surface area contributed by atoms with Crippen molar-refractivity contribution < 1.29 is 19.7 Å². The first-order valence-corrected chi connectivity index (χ1v) is 4.76. The number of hydrogen-bond donors (Lipinski definition) is 2. The summed E-state index contributed by atoms with van der Waals surface area (Å²) in [5, 5.41) is 19.2. The zero-order chi connectivity index (χ0) is 11.0. The van der Waals surface area contributed by atoms with Gasteiger partial charge in [0.1, 0.15) is 11.5 Å². The molecule has 1 aliphatic carbocycles. The molecule has 0 fully saturated rings. The average Bonchev–Trinajstić information content (AvgIpc) is 2.23. The molecule has 0 aromatic heterocycles. The number of methoxy groups -OCH3 is 1. The van der Waals surface area contributed by atoms with Gasteiger partial charge >= 0.3 is 0 Å². The molecule has 0 bridgehead atoms. The fourth-order valence-corrected chi connectivity index (χ4v) is 1.98. The van der Waals surface area contributed by atoms with Crippen LogP contribution in [0.25, 0.3) is 0 Å². The number of benzene rings is 1. The van der Waals surface area contributed by atoms with E-state index < -0.39 is 0 Å². The Balaban J connectivity index is 2.65. The zero-order valence-electron chi connectivity index (χ0n) is 8.36. The molecule has 2 N–H and O–H groups in total. The van der Waals surface area contributed by atoms with Crippen LogP contribution >= 0.6 is 0 Å². The summed E-state index contributed by atoms with van der Waals surface area (Å²) < 4.78 is 5.18. The Kier molecular flexibility index (Phi) is 2.36. The van der Waals surface area contributed by atoms with Gasteiger partial charge in [-0.25, -0.2) is 0 Å². The molecule has 1 aromatic rings. The van der Waals surface area contributed by atoms with Crippen molar-refractivity contribution in [2.24, 2.45) is 0 Å². The van der Waals surface area contributed by atoms with Gasteiger partial charge in [-0.1, -0.05) is 0 Å². The number of ketones is 1. The van der Waals surface area contributed by atoms with Crippen LogP contribution in [0.1, 0.15) is 34.9 Å². The van der Waals surface area contributed by atoms with E-state index in [1.807, 2.05) is 0 Å². The van der Waals surface area contributed by atoms with E-state index in [4.69, 9.17) is 4.74 Å². The molecule has 1 aromatic carbocycles. The second-order valence-electron chi connectivity index (χ2n) is 3.58. The van der Waals surface area contributed by atoms with Crippen molar-refractivity contribution in [2.45, 2.75) is 18.9 Å². The molecule has 1 atom stereocenters. The monoisotopic (exact) mass is 208 g/mol. The molecule has 0 radical (unpaired) electrons. The summed E-state index contributed by atoms with van der Waals surface area (Å²) in [6, 6.07) is 2.70. The lowest BCUT2D eigenvalue weighted by Gasteiger charge is -2.24. The Bertz CT molecular complexity index is 411. The Labute approximate surface area is 87.1 Å². The zero-order valence-corrected chi connectivity index (χ0v) is 8.36. The number of carbonyl (C=O) groups excluding carboxylic acids is 1. The SMILES string of the molecule is CO[C@H]1CCC(=O)c2c(O)ccc(O)c21. The van der Waals surface area contributed by atoms with Gasteiger partial charge in [0.2, 0.25) is 0 Å². The second kappa shape index (κ2) is 3.55. The minimum atomic E-state index is -0.315. The number of phenols is 2. The topological polar surface area (TPSA) is 66.8 Å². The Morgan fingerprint density at radius 2 is 2.00 bits per heavy atom. The highest BCUT2D eigenvalue weighted by Gasteiger charge is 2.30. The predicted octanol–water partition coefficient (Wildman–Crippen LogP) is 1.76. The molecule has 0 saturated heterocycles. The van der Waals surface area contributed by atoms with Crippen LogP contribution < -0.4 is 0 Å². The smallest absolute Gasteiger partial charge is 0.167 e. The third kappa shape index (κ3) is 1.47. The van der Waals surface area contributed by atoms with Gasteiger partial charge in [0.25, 0.3) is 0 Å². The van der Waals surface area contributed by atoms with E-state index in [0.717, 1.165) is 0 Å². The first kappa shape index (κ1) is 9.98. The molecule has 1 aliphatic rings. The minimum absolute atomic E-state index is 0.00250. The van der Waals surface area contributed by atoms with E-state index in [9.17, 15) is 15.0 Å². The van der Waals surface area contributed by atoms with Crippen LogP contribution in [-0.2, 0) is 4.74 Å². The summed E-state index contributed by atoms with van der Waals surface area (Å²) in [4.78, 5) is 11.6. The van der Waals surface area contributed by atoms with Crippen LogP contribution in [0.2, 0.25) is 0 Å². The van der Waals surface area contributed by atoms with E-state index in [1.54, 1.807) is 0 Å². The van der Waals surface area contributed by atoms with Crippen molar-refractivity contribution in [1.82, 2.24) is 0 Å². The van der Waals surface area contributed by atoms with Crippen molar-refractivity contribution in [3.05, 3.63) is 23.3 Å². The van der Waals surface area contributed by atoms with Gasteiger partial charge in [-0.3, -0.25) is 4.79 Å². The number of ether oxygens (including phenoxy) is 1. The molecule has 0 unspecified atom stereocenters. The van der Waals surface area contributed by atoms with Crippen molar-refractivity contribution in [2.75, 3.05) is 7.11 Å². The van der Waals surface area contributed by atoms with E-state index >= 15 is 0 Å². The number of hydrogen-bond acceptors (Lipinski definition) is 4. The Morgan fingerprint density at radius 1 is 1.33 bits per heavy atom. The number of carbonyl (C=O) groups is 1. The summed E-state index contributed by atoms with van der Waals surface area (Å²) in [6.07, 6.45) is 0.562. The van der Waals surface area contributed by atoms with Gasteiger partial charge in [0, 0.05) is 19.1 Å². The maximum Gasteiger partial charge on any atom is 0.167 e. The molecule has 80 valence electrons. The summed E-state index contributed by atoms with van der Waals surface area (Å²) >= 11 is 0. The Morgan fingerprint density at radius 3 is 2.67 bits per heavy atom. The largest absolute Gasteiger partial charge is 0.508 e. The van der Waals surface area contributed by atoms with Crippen LogP contribution in [0.5, 0.6) is 11.5 Å². The second-order valence-corrected chi connectivity index (χ2v) is 3.58. The molecular weight excluding hydrogens is 196 g/mol. The molecular formula is C11H12O4. The van der Waals surface area contributed by atoms with Crippen LogP contribution in [0.3, 0.4) is 0 Å². The van der Waals surface area contributed by atoms with Gasteiger partial charge < -0.3 is 14.9 Å². The summed E-state index contributed by atoms with van der Waals surface area (Å²) in [6.45, 7) is 0. The van der Waals surface area contributed by atoms with Gasteiger partial charge in [-0.2, -0.15) is 0 Å². The molecule has 0 spiro atoms. The fraction of sp³-hybridized carbons (Fsp3) is 0.364. The number of rotatable bonds is 1. The molecule has 2 rings (SSSR count). The molecule has 15 heavy (non-hydrogen) atoms. The van der Waals surface area contributed by atoms with Gasteiger partial charge in [0.05, 0.1) is 11.7 Å². The van der Waals surface area contributed by atoms with Gasteiger partial charge in [-0.05, 0) is 18.6 Å². The lowest BCUT2D eigenvalue weighted by atomic mass is 9.87. The lowest BCUT2D eigenvalue weighted by molar-refractivity contribution is 0.0718. The van der Waals surface area contributed by atoms with Crippen molar-refractivity contribution in [3.8, 4) is 11.5 Å². The van der Waals surface area contributed by atoms with Crippen LogP contribution in [-0.4, -0.2) is 23.1 Å². The van der Waals surface area contributed by atoms with E-state index in [2.05, 4.69) is 0 Å². The number of fused-ring (bicyclic) bond motifs is 1. The van der Waals surface area contributed by atoms with E-state index in [0.29, 0.717) is 18.4 Å². The summed E-state index contributed by atoms with van der Waals surface area (Å²) in [5.41, 5.74) is 0.613. The average molecular weight is 208 g/mol. The number of Topliss-reactive ketones (excluding diaryl/α,β-unsaturated/α-hetero) is 1. The molecule has 4 heteroatoms.